The van der Waals surface area contributed by atoms with Crippen molar-refractivity contribution in [2.75, 3.05) is 0 Å². The standard InChI is InChI=1S/C12H13NS/c1-3-6-9-7-5-8-10-12(9)13-11(4-2)14-10/h3,5,7-8H,1,4,6H2,2H3. The zero-order valence-electron chi connectivity index (χ0n) is 8.29. The van der Waals surface area contributed by atoms with Crippen LogP contribution in [0.5, 0.6) is 0 Å². The summed E-state index contributed by atoms with van der Waals surface area (Å²) in [6, 6.07) is 6.36. The third-order valence-electron chi connectivity index (χ3n) is 2.21. The molecule has 0 amide bonds. The molecule has 0 saturated carbocycles. The van der Waals surface area contributed by atoms with Crippen molar-refractivity contribution in [1.29, 1.82) is 0 Å². The van der Waals surface area contributed by atoms with Crippen molar-refractivity contribution in [2.24, 2.45) is 0 Å². The Balaban J connectivity index is 2.60. The summed E-state index contributed by atoms with van der Waals surface area (Å²) in [7, 11) is 0. The summed E-state index contributed by atoms with van der Waals surface area (Å²) in [6.07, 6.45) is 3.86. The van der Waals surface area contributed by atoms with E-state index in [2.05, 4.69) is 36.7 Å². The number of aryl methyl sites for hydroxylation is 1. The largest absolute Gasteiger partial charge is 0.241 e. The van der Waals surface area contributed by atoms with E-state index in [0.29, 0.717) is 0 Å². The molecule has 2 aromatic rings. The number of benzene rings is 1. The number of para-hydroxylation sites is 1. The number of nitrogens with zero attached hydrogens (tertiary/aromatic N) is 1. The van der Waals surface area contributed by atoms with Crippen molar-refractivity contribution in [2.45, 2.75) is 19.8 Å². The molecule has 0 spiro atoms. The molecule has 0 aliphatic heterocycles. The zero-order valence-corrected chi connectivity index (χ0v) is 9.10. The highest BCUT2D eigenvalue weighted by atomic mass is 32.1. The molecule has 2 heteroatoms. The van der Waals surface area contributed by atoms with Crippen molar-refractivity contribution < 1.29 is 0 Å². The van der Waals surface area contributed by atoms with Crippen LogP contribution in [0.25, 0.3) is 10.2 Å². The van der Waals surface area contributed by atoms with Gasteiger partial charge in [0, 0.05) is 0 Å². The van der Waals surface area contributed by atoms with E-state index in [1.807, 2.05) is 6.08 Å². The fourth-order valence-corrected chi connectivity index (χ4v) is 2.48. The van der Waals surface area contributed by atoms with Crippen LogP contribution in [0.15, 0.2) is 30.9 Å². The Morgan fingerprint density at radius 3 is 3.07 bits per heavy atom. The van der Waals surface area contributed by atoms with Crippen LogP contribution in [0, 0.1) is 0 Å². The third kappa shape index (κ3) is 1.58. The zero-order chi connectivity index (χ0) is 9.97. The second-order valence-electron chi connectivity index (χ2n) is 3.22. The molecule has 0 radical (unpaired) electrons. The first-order valence-corrected chi connectivity index (χ1v) is 5.65. The molecule has 0 atom stereocenters. The van der Waals surface area contributed by atoms with Crippen LogP contribution < -0.4 is 0 Å². The summed E-state index contributed by atoms with van der Waals surface area (Å²) in [5.74, 6) is 0. The van der Waals surface area contributed by atoms with Crippen molar-refractivity contribution in [3.05, 3.63) is 41.4 Å². The van der Waals surface area contributed by atoms with Crippen LogP contribution in [0.3, 0.4) is 0 Å². The maximum Gasteiger partial charge on any atom is 0.0935 e. The topological polar surface area (TPSA) is 12.9 Å². The lowest BCUT2D eigenvalue weighted by Crippen LogP contribution is -1.83. The molecule has 1 heterocycles. The number of fused-ring (bicyclic) bond motifs is 1. The van der Waals surface area contributed by atoms with Crippen molar-refractivity contribution in [1.82, 2.24) is 4.98 Å². The van der Waals surface area contributed by atoms with Gasteiger partial charge in [0.05, 0.1) is 15.2 Å². The summed E-state index contributed by atoms with van der Waals surface area (Å²) in [5.41, 5.74) is 2.45. The molecule has 14 heavy (non-hydrogen) atoms. The molecule has 2 rings (SSSR count). The van der Waals surface area contributed by atoms with Crippen molar-refractivity contribution in [3.63, 3.8) is 0 Å². The maximum absolute atomic E-state index is 4.62. The van der Waals surface area contributed by atoms with E-state index in [-0.39, 0.29) is 0 Å². The molecule has 0 saturated heterocycles. The van der Waals surface area contributed by atoms with Crippen LogP contribution in [-0.2, 0) is 12.8 Å². The third-order valence-corrected chi connectivity index (χ3v) is 3.38. The van der Waals surface area contributed by atoms with Crippen molar-refractivity contribution >= 4 is 21.6 Å². The van der Waals surface area contributed by atoms with Gasteiger partial charge in [-0.1, -0.05) is 25.1 Å². The highest BCUT2D eigenvalue weighted by Crippen LogP contribution is 2.25. The number of rotatable bonds is 3. The Morgan fingerprint density at radius 2 is 2.36 bits per heavy atom. The van der Waals surface area contributed by atoms with Gasteiger partial charge in [0.15, 0.2) is 0 Å². The van der Waals surface area contributed by atoms with Gasteiger partial charge < -0.3 is 0 Å². The Bertz CT molecular complexity index is 456. The van der Waals surface area contributed by atoms with Gasteiger partial charge in [0.2, 0.25) is 0 Å². The van der Waals surface area contributed by atoms with Crippen LogP contribution >= 0.6 is 11.3 Å². The lowest BCUT2D eigenvalue weighted by Gasteiger charge is -1.96. The fourth-order valence-electron chi connectivity index (χ4n) is 1.52. The number of thiazole rings is 1. The van der Waals surface area contributed by atoms with Gasteiger partial charge in [-0.3, -0.25) is 0 Å². The first-order chi connectivity index (χ1) is 6.85. The number of aromatic nitrogens is 1. The second-order valence-corrected chi connectivity index (χ2v) is 4.33. The molecular weight excluding hydrogens is 190 g/mol. The lowest BCUT2D eigenvalue weighted by atomic mass is 10.1. The first-order valence-electron chi connectivity index (χ1n) is 4.83. The predicted octanol–water partition coefficient (Wildman–Crippen LogP) is 3.59. The molecular formula is C12H13NS. The molecule has 1 aromatic heterocycles. The molecule has 0 unspecified atom stereocenters. The highest BCUT2D eigenvalue weighted by Gasteiger charge is 2.05. The van der Waals surface area contributed by atoms with E-state index in [4.69, 9.17) is 0 Å². The summed E-state index contributed by atoms with van der Waals surface area (Å²) in [5, 5.41) is 1.22. The Labute approximate surface area is 88.1 Å². The van der Waals surface area contributed by atoms with Crippen LogP contribution in [-0.4, -0.2) is 4.98 Å². The van der Waals surface area contributed by atoms with Crippen LogP contribution in [0.4, 0.5) is 0 Å². The average molecular weight is 203 g/mol. The molecule has 0 fully saturated rings. The molecule has 0 N–H and O–H groups in total. The van der Waals surface area contributed by atoms with Gasteiger partial charge in [-0.25, -0.2) is 4.98 Å². The summed E-state index contributed by atoms with van der Waals surface area (Å²) < 4.78 is 1.29. The monoisotopic (exact) mass is 203 g/mol. The number of hydrogen-bond acceptors (Lipinski definition) is 2. The quantitative estimate of drug-likeness (QED) is 0.695. The lowest BCUT2D eigenvalue weighted by molar-refractivity contribution is 1.10. The molecule has 72 valence electrons. The normalized spacial score (nSPS) is 10.6. The van der Waals surface area contributed by atoms with Crippen molar-refractivity contribution in [3.8, 4) is 0 Å². The van der Waals surface area contributed by atoms with E-state index < -0.39 is 0 Å². The van der Waals surface area contributed by atoms with Gasteiger partial charge in [-0.15, -0.1) is 17.9 Å². The Morgan fingerprint density at radius 1 is 1.50 bits per heavy atom. The molecule has 1 nitrogen and oxygen atoms in total. The number of allylic oxidation sites excluding steroid dienone is 1. The van der Waals surface area contributed by atoms with E-state index in [9.17, 15) is 0 Å². The fraction of sp³-hybridized carbons (Fsp3) is 0.250. The second kappa shape index (κ2) is 3.93. The average Bonchev–Trinajstić information content (AvgIpc) is 2.62. The summed E-state index contributed by atoms with van der Waals surface area (Å²) in [6.45, 7) is 5.91. The summed E-state index contributed by atoms with van der Waals surface area (Å²) >= 11 is 1.79. The Kier molecular flexibility index (Phi) is 2.64. The van der Waals surface area contributed by atoms with Gasteiger partial charge in [0.25, 0.3) is 0 Å². The van der Waals surface area contributed by atoms with Gasteiger partial charge >= 0.3 is 0 Å². The van der Waals surface area contributed by atoms with E-state index in [1.54, 1.807) is 11.3 Å². The number of hydrogen-bond donors (Lipinski definition) is 0. The van der Waals surface area contributed by atoms with E-state index in [0.717, 1.165) is 18.4 Å². The molecule has 1 aromatic carbocycles. The van der Waals surface area contributed by atoms with Gasteiger partial charge in [-0.2, -0.15) is 0 Å². The predicted molar refractivity (Wildman–Crippen MR) is 62.9 cm³/mol. The molecule has 0 aliphatic carbocycles. The Hall–Kier alpha value is -1.15. The van der Waals surface area contributed by atoms with Crippen LogP contribution in [0.1, 0.15) is 17.5 Å². The van der Waals surface area contributed by atoms with E-state index >= 15 is 0 Å². The van der Waals surface area contributed by atoms with Crippen LogP contribution in [0.2, 0.25) is 0 Å². The molecule has 0 aliphatic rings. The minimum Gasteiger partial charge on any atom is -0.241 e. The van der Waals surface area contributed by atoms with Gasteiger partial charge in [-0.05, 0) is 24.5 Å². The molecule has 0 bridgehead atoms. The smallest absolute Gasteiger partial charge is 0.0935 e. The highest BCUT2D eigenvalue weighted by molar-refractivity contribution is 7.18. The first kappa shape index (κ1) is 9.41. The minimum absolute atomic E-state index is 0.907. The van der Waals surface area contributed by atoms with E-state index in [1.165, 1.54) is 15.3 Å². The summed E-state index contributed by atoms with van der Waals surface area (Å²) in [4.78, 5) is 4.62. The maximum atomic E-state index is 4.62. The SMILES string of the molecule is C=CCc1cccc2sc(CC)nc12. The minimum atomic E-state index is 0.907. The van der Waals surface area contributed by atoms with Gasteiger partial charge in [0.1, 0.15) is 0 Å².